The van der Waals surface area contributed by atoms with E-state index in [1.807, 2.05) is 30.3 Å². The van der Waals surface area contributed by atoms with Crippen molar-refractivity contribution in [1.82, 2.24) is 5.32 Å². The molecule has 1 aliphatic carbocycles. The molecule has 0 aromatic heterocycles. The molecule has 0 radical (unpaired) electrons. The second kappa shape index (κ2) is 6.92. The molecule has 2 rings (SSSR count). The average Bonchev–Trinajstić information content (AvgIpc) is 2.36. The van der Waals surface area contributed by atoms with Crippen molar-refractivity contribution < 1.29 is 4.79 Å². The van der Waals surface area contributed by atoms with Gasteiger partial charge in [0.05, 0.1) is 0 Å². The lowest BCUT2D eigenvalue weighted by molar-refractivity contribution is -0.136. The summed E-state index contributed by atoms with van der Waals surface area (Å²) in [7, 11) is 0. The number of amides is 1. The molecule has 4 heteroatoms. The first-order valence-electron chi connectivity index (χ1n) is 6.77. The highest BCUT2D eigenvalue weighted by molar-refractivity contribution is 5.85. The number of hydrogen-bond donors (Lipinski definition) is 2. The molecule has 0 saturated heterocycles. The van der Waals surface area contributed by atoms with Gasteiger partial charge >= 0.3 is 0 Å². The molecule has 1 aromatic carbocycles. The first-order chi connectivity index (χ1) is 8.68. The SMILES string of the molecule is CCC1(C(=O)NCC(N)c2ccccc2)CCC1.Cl. The Hall–Kier alpha value is -1.06. The summed E-state index contributed by atoms with van der Waals surface area (Å²) in [6.45, 7) is 2.61. The summed E-state index contributed by atoms with van der Waals surface area (Å²) in [5.74, 6) is 0.183. The van der Waals surface area contributed by atoms with Crippen LogP contribution >= 0.6 is 12.4 Å². The van der Waals surface area contributed by atoms with Crippen molar-refractivity contribution in [3.8, 4) is 0 Å². The highest BCUT2D eigenvalue weighted by Gasteiger charge is 2.42. The molecule has 0 spiro atoms. The number of halogens is 1. The van der Waals surface area contributed by atoms with Crippen LogP contribution in [0.2, 0.25) is 0 Å². The van der Waals surface area contributed by atoms with Crippen molar-refractivity contribution >= 4 is 18.3 Å². The van der Waals surface area contributed by atoms with Gasteiger partial charge in [0.1, 0.15) is 0 Å². The third kappa shape index (κ3) is 3.48. The molecule has 1 amide bonds. The number of rotatable bonds is 5. The van der Waals surface area contributed by atoms with Crippen molar-refractivity contribution in [1.29, 1.82) is 0 Å². The van der Waals surface area contributed by atoms with E-state index in [4.69, 9.17) is 5.73 Å². The zero-order chi connectivity index (χ0) is 13.0. The van der Waals surface area contributed by atoms with Crippen LogP contribution in [0.3, 0.4) is 0 Å². The van der Waals surface area contributed by atoms with Gasteiger partial charge in [-0.2, -0.15) is 0 Å². The van der Waals surface area contributed by atoms with Crippen LogP contribution in [-0.4, -0.2) is 12.5 Å². The summed E-state index contributed by atoms with van der Waals surface area (Å²) >= 11 is 0. The summed E-state index contributed by atoms with van der Waals surface area (Å²) in [6, 6.07) is 9.78. The summed E-state index contributed by atoms with van der Waals surface area (Å²) in [5, 5.41) is 3.01. The largest absolute Gasteiger partial charge is 0.354 e. The first-order valence-corrected chi connectivity index (χ1v) is 6.77. The molecule has 0 bridgehead atoms. The fraction of sp³-hybridized carbons (Fsp3) is 0.533. The Kier molecular flexibility index (Phi) is 5.83. The van der Waals surface area contributed by atoms with Gasteiger partial charge in [-0.3, -0.25) is 4.79 Å². The van der Waals surface area contributed by atoms with Crippen LogP contribution in [0.15, 0.2) is 30.3 Å². The third-order valence-electron chi connectivity index (χ3n) is 4.18. The highest BCUT2D eigenvalue weighted by Crippen LogP contribution is 2.43. The number of nitrogens with two attached hydrogens (primary N) is 1. The molecule has 1 aliphatic rings. The summed E-state index contributed by atoms with van der Waals surface area (Å²) in [6.07, 6.45) is 4.15. The van der Waals surface area contributed by atoms with Gasteiger partial charge in [0.15, 0.2) is 0 Å². The van der Waals surface area contributed by atoms with E-state index < -0.39 is 0 Å². The van der Waals surface area contributed by atoms with E-state index in [9.17, 15) is 4.79 Å². The summed E-state index contributed by atoms with van der Waals surface area (Å²) in [4.78, 5) is 12.1. The summed E-state index contributed by atoms with van der Waals surface area (Å²) < 4.78 is 0. The molecule has 3 N–H and O–H groups in total. The van der Waals surface area contributed by atoms with Gasteiger partial charge in [0.2, 0.25) is 5.91 Å². The van der Waals surface area contributed by atoms with Crippen LogP contribution in [0, 0.1) is 5.41 Å². The van der Waals surface area contributed by atoms with Crippen molar-refractivity contribution in [3.05, 3.63) is 35.9 Å². The Morgan fingerprint density at radius 3 is 2.47 bits per heavy atom. The van der Waals surface area contributed by atoms with Crippen LogP contribution in [0.5, 0.6) is 0 Å². The minimum atomic E-state index is -0.121. The van der Waals surface area contributed by atoms with Crippen LogP contribution in [0.25, 0.3) is 0 Å². The number of carbonyl (C=O) groups excluding carboxylic acids is 1. The van der Waals surface area contributed by atoms with E-state index >= 15 is 0 Å². The maximum atomic E-state index is 12.1. The lowest BCUT2D eigenvalue weighted by Gasteiger charge is -2.39. The third-order valence-corrected chi connectivity index (χ3v) is 4.18. The van der Waals surface area contributed by atoms with Crippen LogP contribution in [0.4, 0.5) is 0 Å². The van der Waals surface area contributed by atoms with E-state index in [-0.39, 0.29) is 29.8 Å². The van der Waals surface area contributed by atoms with Gasteiger partial charge in [-0.15, -0.1) is 12.4 Å². The second-order valence-electron chi connectivity index (χ2n) is 5.21. The van der Waals surface area contributed by atoms with E-state index in [0.29, 0.717) is 6.54 Å². The Morgan fingerprint density at radius 2 is 2.00 bits per heavy atom. The molecule has 1 unspecified atom stereocenters. The normalized spacial score (nSPS) is 17.8. The lowest BCUT2D eigenvalue weighted by atomic mass is 9.66. The predicted octanol–water partition coefficient (Wildman–Crippen LogP) is 2.80. The van der Waals surface area contributed by atoms with Crippen LogP contribution < -0.4 is 11.1 Å². The molecule has 19 heavy (non-hydrogen) atoms. The molecular formula is C15H23ClN2O. The van der Waals surface area contributed by atoms with Crippen molar-refractivity contribution in [2.24, 2.45) is 11.1 Å². The zero-order valence-corrected chi connectivity index (χ0v) is 12.2. The van der Waals surface area contributed by atoms with Gasteiger partial charge in [-0.1, -0.05) is 43.7 Å². The zero-order valence-electron chi connectivity index (χ0n) is 11.4. The van der Waals surface area contributed by atoms with E-state index in [1.165, 1.54) is 6.42 Å². The highest BCUT2D eigenvalue weighted by atomic mass is 35.5. The molecule has 0 heterocycles. The Morgan fingerprint density at radius 1 is 1.37 bits per heavy atom. The lowest BCUT2D eigenvalue weighted by Crippen LogP contribution is -2.46. The fourth-order valence-electron chi connectivity index (χ4n) is 2.55. The minimum Gasteiger partial charge on any atom is -0.354 e. The fourth-order valence-corrected chi connectivity index (χ4v) is 2.55. The number of nitrogens with one attached hydrogen (secondary N) is 1. The van der Waals surface area contributed by atoms with E-state index in [1.54, 1.807) is 0 Å². The number of benzene rings is 1. The molecular weight excluding hydrogens is 260 g/mol. The van der Waals surface area contributed by atoms with Gasteiger partial charge in [-0.05, 0) is 24.8 Å². The monoisotopic (exact) mass is 282 g/mol. The van der Waals surface area contributed by atoms with Crippen LogP contribution in [-0.2, 0) is 4.79 Å². The molecule has 1 atom stereocenters. The Labute approximate surface area is 121 Å². The van der Waals surface area contributed by atoms with Gasteiger partial charge in [0.25, 0.3) is 0 Å². The van der Waals surface area contributed by atoms with Crippen molar-refractivity contribution in [2.75, 3.05) is 6.54 Å². The first kappa shape index (κ1) is 16.0. The Balaban J connectivity index is 0.00000180. The number of carbonyl (C=O) groups is 1. The minimum absolute atomic E-state index is 0. The standard InChI is InChI=1S/C15H22N2O.ClH/c1-2-15(9-6-10-15)14(18)17-11-13(16)12-7-4-3-5-8-12;/h3-5,7-8,13H,2,6,9-11,16H2,1H3,(H,17,18);1H. The van der Waals surface area contributed by atoms with Crippen LogP contribution in [0.1, 0.15) is 44.2 Å². The smallest absolute Gasteiger partial charge is 0.226 e. The van der Waals surface area contributed by atoms with Crippen molar-refractivity contribution in [2.45, 2.75) is 38.6 Å². The predicted molar refractivity (Wildman–Crippen MR) is 80.2 cm³/mol. The van der Waals surface area contributed by atoms with E-state index in [0.717, 1.165) is 24.8 Å². The van der Waals surface area contributed by atoms with Gasteiger partial charge < -0.3 is 11.1 Å². The molecule has 3 nitrogen and oxygen atoms in total. The van der Waals surface area contributed by atoms with Crippen molar-refractivity contribution in [3.63, 3.8) is 0 Å². The molecule has 0 aliphatic heterocycles. The molecule has 1 aromatic rings. The average molecular weight is 283 g/mol. The number of hydrogen-bond acceptors (Lipinski definition) is 2. The van der Waals surface area contributed by atoms with Gasteiger partial charge in [-0.25, -0.2) is 0 Å². The molecule has 1 saturated carbocycles. The second-order valence-corrected chi connectivity index (χ2v) is 5.21. The molecule has 106 valence electrons. The Bertz CT molecular complexity index is 398. The van der Waals surface area contributed by atoms with E-state index in [2.05, 4.69) is 12.2 Å². The van der Waals surface area contributed by atoms with Gasteiger partial charge in [0, 0.05) is 18.0 Å². The maximum absolute atomic E-state index is 12.1. The quantitative estimate of drug-likeness (QED) is 0.872. The topological polar surface area (TPSA) is 55.1 Å². The summed E-state index contributed by atoms with van der Waals surface area (Å²) in [5.41, 5.74) is 7.04. The molecule has 1 fully saturated rings. The maximum Gasteiger partial charge on any atom is 0.226 e.